The zero-order valence-electron chi connectivity index (χ0n) is 9.09. The summed E-state index contributed by atoms with van der Waals surface area (Å²) in [7, 11) is 0. The number of benzene rings is 1. The first-order valence-electron chi connectivity index (χ1n) is 5.11. The van der Waals surface area contributed by atoms with Gasteiger partial charge in [-0.05, 0) is 30.2 Å². The lowest BCUT2D eigenvalue weighted by Gasteiger charge is -2.11. The Bertz CT molecular complexity index is 570. The molecule has 0 bridgehead atoms. The maximum Gasteiger partial charge on any atom is 0.141 e. The quantitative estimate of drug-likeness (QED) is 0.836. The predicted molar refractivity (Wildman–Crippen MR) is 76.4 cm³/mol. The highest BCUT2D eigenvalue weighted by atomic mass is 35.5. The van der Waals surface area contributed by atoms with Gasteiger partial charge in [-0.1, -0.05) is 40.9 Å². The molecule has 2 aromatic rings. The Hall–Kier alpha value is -0.320. The Kier molecular flexibility index (Phi) is 4.51. The lowest BCUT2D eigenvalue weighted by atomic mass is 10.0. The fourth-order valence-corrected chi connectivity index (χ4v) is 3.44. The van der Waals surface area contributed by atoms with Crippen molar-refractivity contribution in [3.05, 3.63) is 54.9 Å². The standard InChI is InChI=1S/C12H9Cl3FNS/c13-8-3-6(1-2-9(8)16)4-10(17)7-5-11(14)18-12(7)15/h1-3,5,10H,4,17H2. The monoisotopic (exact) mass is 323 g/mol. The summed E-state index contributed by atoms with van der Waals surface area (Å²) in [4.78, 5) is 0. The van der Waals surface area contributed by atoms with Crippen LogP contribution in [-0.2, 0) is 6.42 Å². The molecule has 0 radical (unpaired) electrons. The lowest BCUT2D eigenvalue weighted by Crippen LogP contribution is -2.12. The molecule has 0 fully saturated rings. The van der Waals surface area contributed by atoms with Gasteiger partial charge in [0.05, 0.1) is 13.7 Å². The molecule has 1 aromatic heterocycles. The van der Waals surface area contributed by atoms with E-state index in [2.05, 4.69) is 0 Å². The van der Waals surface area contributed by atoms with E-state index in [9.17, 15) is 4.39 Å². The van der Waals surface area contributed by atoms with Crippen LogP contribution in [0, 0.1) is 5.82 Å². The van der Waals surface area contributed by atoms with Crippen LogP contribution < -0.4 is 5.73 Å². The van der Waals surface area contributed by atoms with Crippen molar-refractivity contribution in [1.82, 2.24) is 0 Å². The van der Waals surface area contributed by atoms with Crippen molar-refractivity contribution in [2.24, 2.45) is 5.73 Å². The van der Waals surface area contributed by atoms with Crippen molar-refractivity contribution >= 4 is 46.1 Å². The van der Waals surface area contributed by atoms with Crippen molar-refractivity contribution in [2.75, 3.05) is 0 Å². The Labute approximate surface area is 123 Å². The number of rotatable bonds is 3. The number of halogens is 4. The van der Waals surface area contributed by atoms with Crippen LogP contribution in [0.4, 0.5) is 4.39 Å². The SMILES string of the molecule is NC(Cc1ccc(F)c(Cl)c1)c1cc(Cl)sc1Cl. The Morgan fingerprint density at radius 2 is 1.94 bits per heavy atom. The zero-order valence-corrected chi connectivity index (χ0v) is 12.2. The van der Waals surface area contributed by atoms with Gasteiger partial charge in [-0.15, -0.1) is 11.3 Å². The van der Waals surface area contributed by atoms with Crippen LogP contribution >= 0.6 is 46.1 Å². The minimum absolute atomic E-state index is 0.0918. The van der Waals surface area contributed by atoms with Gasteiger partial charge in [-0.3, -0.25) is 0 Å². The van der Waals surface area contributed by atoms with E-state index in [-0.39, 0.29) is 11.1 Å². The summed E-state index contributed by atoms with van der Waals surface area (Å²) >= 11 is 18.9. The molecule has 18 heavy (non-hydrogen) atoms. The molecule has 0 aliphatic heterocycles. The van der Waals surface area contributed by atoms with Gasteiger partial charge in [0, 0.05) is 11.6 Å². The molecule has 2 N–H and O–H groups in total. The van der Waals surface area contributed by atoms with Crippen molar-refractivity contribution in [1.29, 1.82) is 0 Å². The average Bonchev–Trinajstić information content (AvgIpc) is 2.63. The molecular formula is C12H9Cl3FNS. The van der Waals surface area contributed by atoms with Crippen LogP contribution in [0.2, 0.25) is 13.7 Å². The molecule has 6 heteroatoms. The van der Waals surface area contributed by atoms with E-state index in [1.54, 1.807) is 18.2 Å². The predicted octanol–water partition coefficient (Wildman–Crippen LogP) is 5.09. The molecule has 1 unspecified atom stereocenters. The zero-order chi connectivity index (χ0) is 13.3. The summed E-state index contributed by atoms with van der Waals surface area (Å²) in [6, 6.07) is 6.01. The third-order valence-corrected chi connectivity index (χ3v) is 4.33. The fraction of sp³-hybridized carbons (Fsp3) is 0.167. The van der Waals surface area contributed by atoms with Crippen molar-refractivity contribution in [3.63, 3.8) is 0 Å². The van der Waals surface area contributed by atoms with Gasteiger partial charge in [0.1, 0.15) is 5.82 Å². The molecule has 0 spiro atoms. The highest BCUT2D eigenvalue weighted by molar-refractivity contribution is 7.20. The van der Waals surface area contributed by atoms with E-state index in [1.165, 1.54) is 17.4 Å². The van der Waals surface area contributed by atoms with Gasteiger partial charge >= 0.3 is 0 Å². The van der Waals surface area contributed by atoms with Crippen LogP contribution in [0.5, 0.6) is 0 Å². The lowest BCUT2D eigenvalue weighted by molar-refractivity contribution is 0.626. The molecular weight excluding hydrogens is 316 g/mol. The Balaban J connectivity index is 2.18. The van der Waals surface area contributed by atoms with Gasteiger partial charge in [-0.25, -0.2) is 4.39 Å². The molecule has 0 saturated heterocycles. The van der Waals surface area contributed by atoms with E-state index in [0.29, 0.717) is 15.1 Å². The summed E-state index contributed by atoms with van der Waals surface area (Å²) < 4.78 is 14.2. The molecule has 2 rings (SSSR count). The summed E-state index contributed by atoms with van der Waals surface area (Å²) in [6.45, 7) is 0. The topological polar surface area (TPSA) is 26.0 Å². The first kappa shape index (κ1) is 14.1. The van der Waals surface area contributed by atoms with Gasteiger partial charge in [0.15, 0.2) is 0 Å². The van der Waals surface area contributed by atoms with Gasteiger partial charge in [-0.2, -0.15) is 0 Å². The Morgan fingerprint density at radius 3 is 2.50 bits per heavy atom. The van der Waals surface area contributed by atoms with E-state index in [4.69, 9.17) is 40.5 Å². The van der Waals surface area contributed by atoms with Gasteiger partial charge in [0.2, 0.25) is 0 Å². The maximum absolute atomic E-state index is 13.0. The molecule has 0 aliphatic carbocycles. The van der Waals surface area contributed by atoms with Crippen LogP contribution in [0.3, 0.4) is 0 Å². The van der Waals surface area contributed by atoms with E-state index in [1.807, 2.05) is 0 Å². The Morgan fingerprint density at radius 1 is 1.22 bits per heavy atom. The molecule has 1 heterocycles. The fourth-order valence-electron chi connectivity index (χ4n) is 1.64. The third kappa shape index (κ3) is 3.16. The second kappa shape index (κ2) is 5.76. The summed E-state index contributed by atoms with van der Waals surface area (Å²) in [5.74, 6) is -0.439. The minimum Gasteiger partial charge on any atom is -0.324 e. The van der Waals surface area contributed by atoms with E-state index >= 15 is 0 Å². The number of hydrogen-bond donors (Lipinski definition) is 1. The van der Waals surface area contributed by atoms with Crippen molar-refractivity contribution in [2.45, 2.75) is 12.5 Å². The first-order chi connectivity index (χ1) is 8.47. The highest BCUT2D eigenvalue weighted by Crippen LogP contribution is 2.35. The molecule has 96 valence electrons. The largest absolute Gasteiger partial charge is 0.324 e. The van der Waals surface area contributed by atoms with E-state index < -0.39 is 5.82 Å². The first-order valence-corrected chi connectivity index (χ1v) is 7.06. The molecule has 1 aromatic carbocycles. The van der Waals surface area contributed by atoms with Crippen molar-refractivity contribution < 1.29 is 4.39 Å². The second-order valence-corrected chi connectivity index (χ2v) is 6.53. The number of hydrogen-bond acceptors (Lipinski definition) is 2. The molecule has 0 saturated carbocycles. The molecule has 0 amide bonds. The number of thiophene rings is 1. The summed E-state index contributed by atoms with van der Waals surface area (Å²) in [5, 5.41) is 0.0918. The summed E-state index contributed by atoms with van der Waals surface area (Å²) in [6.07, 6.45) is 0.521. The van der Waals surface area contributed by atoms with Gasteiger partial charge in [0.25, 0.3) is 0 Å². The highest BCUT2D eigenvalue weighted by Gasteiger charge is 2.15. The normalized spacial score (nSPS) is 12.7. The molecule has 1 atom stereocenters. The second-order valence-electron chi connectivity index (χ2n) is 3.84. The van der Waals surface area contributed by atoms with E-state index in [0.717, 1.165) is 11.1 Å². The van der Waals surface area contributed by atoms with Crippen LogP contribution in [0.1, 0.15) is 17.2 Å². The van der Waals surface area contributed by atoms with Gasteiger partial charge < -0.3 is 5.73 Å². The van der Waals surface area contributed by atoms with Crippen LogP contribution in [-0.4, -0.2) is 0 Å². The van der Waals surface area contributed by atoms with Crippen molar-refractivity contribution in [3.8, 4) is 0 Å². The summed E-state index contributed by atoms with van der Waals surface area (Å²) in [5.41, 5.74) is 7.71. The maximum atomic E-state index is 13.0. The molecule has 1 nitrogen and oxygen atoms in total. The smallest absolute Gasteiger partial charge is 0.141 e. The molecule has 0 aliphatic rings. The number of nitrogens with two attached hydrogens (primary N) is 1. The minimum atomic E-state index is -0.439. The third-order valence-electron chi connectivity index (χ3n) is 2.52. The average molecular weight is 325 g/mol. The van der Waals surface area contributed by atoms with Crippen LogP contribution in [0.25, 0.3) is 0 Å². The van der Waals surface area contributed by atoms with Crippen LogP contribution in [0.15, 0.2) is 24.3 Å².